The topological polar surface area (TPSA) is 0 Å². The zero-order valence-electron chi connectivity index (χ0n) is 10.3. The molecule has 3 aromatic rings. The van der Waals surface area contributed by atoms with Crippen LogP contribution >= 0.6 is 50.2 Å². The Morgan fingerprint density at radius 3 is 2.89 bits per heavy atom. The molecule has 0 radical (unpaired) electrons. The lowest BCUT2D eigenvalue weighted by Crippen LogP contribution is -1.92. The van der Waals surface area contributed by atoms with Crippen LogP contribution < -0.4 is 0 Å². The van der Waals surface area contributed by atoms with Crippen molar-refractivity contribution in [2.45, 2.75) is 18.7 Å². The molecular formula is C15H12BrClS2. The molecule has 0 aliphatic heterocycles. The van der Waals surface area contributed by atoms with Crippen LogP contribution in [0.2, 0.25) is 0 Å². The number of aryl methyl sites for hydroxylation is 1. The molecule has 2 heterocycles. The molecule has 0 aliphatic carbocycles. The van der Waals surface area contributed by atoms with E-state index in [1.54, 1.807) is 22.7 Å². The minimum absolute atomic E-state index is 0.0435. The van der Waals surface area contributed by atoms with Crippen LogP contribution in [0.25, 0.3) is 10.1 Å². The number of halogens is 2. The summed E-state index contributed by atoms with van der Waals surface area (Å²) >= 11 is 13.8. The standard InChI is InChI=1S/C15H12BrClS2/c1-2-9-6-7-18-14(9)13(17)11-8-19-15-10(11)4-3-5-12(15)16/h3-8,13H,2H2,1H3. The number of hydrogen-bond donors (Lipinski definition) is 0. The normalized spacial score (nSPS) is 13.0. The molecule has 1 aromatic carbocycles. The smallest absolute Gasteiger partial charge is 0.0944 e. The lowest BCUT2D eigenvalue weighted by molar-refractivity contribution is 1.08. The Bertz CT molecular complexity index is 714. The third-order valence-electron chi connectivity index (χ3n) is 3.25. The van der Waals surface area contributed by atoms with E-state index in [9.17, 15) is 0 Å². The van der Waals surface area contributed by atoms with Crippen molar-refractivity contribution < 1.29 is 0 Å². The van der Waals surface area contributed by atoms with Gasteiger partial charge in [0.25, 0.3) is 0 Å². The highest BCUT2D eigenvalue weighted by Gasteiger charge is 2.19. The summed E-state index contributed by atoms with van der Waals surface area (Å²) in [4.78, 5) is 1.28. The molecule has 0 N–H and O–H groups in total. The van der Waals surface area contributed by atoms with Gasteiger partial charge in [-0.05, 0) is 61.8 Å². The van der Waals surface area contributed by atoms with Gasteiger partial charge in [0.15, 0.2) is 0 Å². The van der Waals surface area contributed by atoms with Gasteiger partial charge in [-0.2, -0.15) is 0 Å². The minimum Gasteiger partial charge on any atom is -0.147 e. The third kappa shape index (κ3) is 2.38. The minimum atomic E-state index is -0.0435. The van der Waals surface area contributed by atoms with Crippen LogP contribution in [-0.4, -0.2) is 0 Å². The monoisotopic (exact) mass is 370 g/mol. The van der Waals surface area contributed by atoms with Gasteiger partial charge < -0.3 is 0 Å². The summed E-state index contributed by atoms with van der Waals surface area (Å²) < 4.78 is 2.42. The van der Waals surface area contributed by atoms with Gasteiger partial charge in [0.2, 0.25) is 0 Å². The highest BCUT2D eigenvalue weighted by molar-refractivity contribution is 9.10. The molecule has 0 aliphatic rings. The number of fused-ring (bicyclic) bond motifs is 1. The molecule has 1 atom stereocenters. The van der Waals surface area contributed by atoms with E-state index in [-0.39, 0.29) is 5.38 Å². The molecule has 98 valence electrons. The van der Waals surface area contributed by atoms with Crippen LogP contribution in [-0.2, 0) is 6.42 Å². The average molecular weight is 372 g/mol. The van der Waals surface area contributed by atoms with Crippen LogP contribution in [0.1, 0.15) is 28.3 Å². The summed E-state index contributed by atoms with van der Waals surface area (Å²) in [7, 11) is 0. The van der Waals surface area contributed by atoms with Gasteiger partial charge in [-0.3, -0.25) is 0 Å². The fourth-order valence-electron chi connectivity index (χ4n) is 2.24. The Labute approximate surface area is 134 Å². The molecule has 0 bridgehead atoms. The van der Waals surface area contributed by atoms with Crippen LogP contribution in [0.15, 0.2) is 39.5 Å². The number of benzene rings is 1. The van der Waals surface area contributed by atoms with Crippen molar-refractivity contribution in [3.05, 3.63) is 55.5 Å². The molecule has 0 fully saturated rings. The van der Waals surface area contributed by atoms with Gasteiger partial charge in [-0.1, -0.05) is 19.1 Å². The van der Waals surface area contributed by atoms with Gasteiger partial charge in [0.05, 0.1) is 5.38 Å². The first kappa shape index (κ1) is 13.6. The maximum absolute atomic E-state index is 6.73. The molecule has 2 aromatic heterocycles. The molecular weight excluding hydrogens is 360 g/mol. The Morgan fingerprint density at radius 1 is 1.26 bits per heavy atom. The quantitative estimate of drug-likeness (QED) is 0.454. The first-order valence-electron chi connectivity index (χ1n) is 6.08. The van der Waals surface area contributed by atoms with E-state index >= 15 is 0 Å². The van der Waals surface area contributed by atoms with Crippen LogP contribution in [0.4, 0.5) is 0 Å². The fraction of sp³-hybridized carbons (Fsp3) is 0.200. The summed E-state index contributed by atoms with van der Waals surface area (Å²) in [6, 6.07) is 8.48. The predicted octanol–water partition coefficient (Wildman–Crippen LogP) is 6.62. The van der Waals surface area contributed by atoms with E-state index in [1.807, 2.05) is 0 Å². The number of thiophene rings is 2. The first-order valence-corrected chi connectivity index (χ1v) is 9.07. The Morgan fingerprint density at radius 2 is 2.11 bits per heavy atom. The van der Waals surface area contributed by atoms with Crippen LogP contribution in [0, 0.1) is 0 Å². The second-order valence-corrected chi connectivity index (χ2v) is 7.45. The lowest BCUT2D eigenvalue weighted by atomic mass is 10.1. The van der Waals surface area contributed by atoms with Gasteiger partial charge >= 0.3 is 0 Å². The van der Waals surface area contributed by atoms with E-state index in [0.717, 1.165) is 10.9 Å². The largest absolute Gasteiger partial charge is 0.147 e. The number of rotatable bonds is 3. The molecule has 0 saturated heterocycles. The summed E-state index contributed by atoms with van der Waals surface area (Å²) in [5.41, 5.74) is 2.58. The second-order valence-electron chi connectivity index (χ2n) is 4.33. The Hall–Kier alpha value is -0.350. The fourth-order valence-corrected chi connectivity index (χ4v) is 5.43. The molecule has 0 nitrogen and oxygen atoms in total. The molecule has 1 unspecified atom stereocenters. The third-order valence-corrected chi connectivity index (χ3v) is 6.82. The van der Waals surface area contributed by atoms with Gasteiger partial charge in [-0.25, -0.2) is 0 Å². The number of hydrogen-bond acceptors (Lipinski definition) is 2. The van der Waals surface area contributed by atoms with E-state index in [1.165, 1.54) is 26.1 Å². The molecule has 0 spiro atoms. The van der Waals surface area contributed by atoms with Crippen molar-refractivity contribution in [3.63, 3.8) is 0 Å². The van der Waals surface area contributed by atoms with Crippen molar-refractivity contribution in [3.8, 4) is 0 Å². The molecule has 0 amide bonds. The van der Waals surface area contributed by atoms with Gasteiger partial charge in [-0.15, -0.1) is 34.3 Å². The summed E-state index contributed by atoms with van der Waals surface area (Å²) in [6.07, 6.45) is 1.04. The highest BCUT2D eigenvalue weighted by Crippen LogP contribution is 2.42. The SMILES string of the molecule is CCc1ccsc1C(Cl)c1csc2c(Br)cccc12. The van der Waals surface area contributed by atoms with Crippen LogP contribution in [0.3, 0.4) is 0 Å². The van der Waals surface area contributed by atoms with Gasteiger partial charge in [0, 0.05) is 14.0 Å². The molecule has 4 heteroatoms. The first-order chi connectivity index (χ1) is 9.22. The Balaban J connectivity index is 2.12. The van der Waals surface area contributed by atoms with Crippen molar-refractivity contribution in [1.82, 2.24) is 0 Å². The number of alkyl halides is 1. The van der Waals surface area contributed by atoms with E-state index < -0.39 is 0 Å². The zero-order chi connectivity index (χ0) is 13.4. The van der Waals surface area contributed by atoms with E-state index in [4.69, 9.17) is 11.6 Å². The van der Waals surface area contributed by atoms with Crippen molar-refractivity contribution in [1.29, 1.82) is 0 Å². The van der Waals surface area contributed by atoms with E-state index in [2.05, 4.69) is 57.9 Å². The summed E-state index contributed by atoms with van der Waals surface area (Å²) in [5, 5.41) is 5.54. The lowest BCUT2D eigenvalue weighted by Gasteiger charge is -2.09. The van der Waals surface area contributed by atoms with Crippen molar-refractivity contribution in [2.24, 2.45) is 0 Å². The zero-order valence-corrected chi connectivity index (χ0v) is 14.3. The predicted molar refractivity (Wildman–Crippen MR) is 90.9 cm³/mol. The van der Waals surface area contributed by atoms with E-state index in [0.29, 0.717) is 0 Å². The second kappa shape index (κ2) is 5.57. The summed E-state index contributed by atoms with van der Waals surface area (Å²) in [6.45, 7) is 2.18. The molecule has 19 heavy (non-hydrogen) atoms. The van der Waals surface area contributed by atoms with Crippen molar-refractivity contribution in [2.75, 3.05) is 0 Å². The maximum atomic E-state index is 6.73. The molecule has 3 rings (SSSR count). The maximum Gasteiger partial charge on any atom is 0.0944 e. The Kier molecular flexibility index (Phi) is 3.99. The average Bonchev–Trinajstić information content (AvgIpc) is 3.05. The highest BCUT2D eigenvalue weighted by atomic mass is 79.9. The molecule has 0 saturated carbocycles. The van der Waals surface area contributed by atoms with Gasteiger partial charge in [0.1, 0.15) is 0 Å². The summed E-state index contributed by atoms with van der Waals surface area (Å²) in [5.74, 6) is 0. The van der Waals surface area contributed by atoms with Crippen LogP contribution in [0.5, 0.6) is 0 Å². The van der Waals surface area contributed by atoms with Crippen molar-refractivity contribution >= 4 is 60.3 Å².